The van der Waals surface area contributed by atoms with Gasteiger partial charge in [0.05, 0.1) is 0 Å². The Balaban J connectivity index is 1.80. The van der Waals surface area contributed by atoms with E-state index in [0.29, 0.717) is 5.41 Å². The predicted octanol–water partition coefficient (Wildman–Crippen LogP) is 6.84. The standard InChI is InChI=1S/C21H38/c1-5-6-9-18-16-12-15-21(4)13-8-7-10-19(21)17(16)11-14-20(18,2)3/h16-19H,5-15H2,1-4H3. The summed E-state index contributed by atoms with van der Waals surface area (Å²) in [6.45, 7) is 10.2. The highest BCUT2D eigenvalue weighted by Gasteiger charge is 2.53. The van der Waals surface area contributed by atoms with Gasteiger partial charge < -0.3 is 0 Å². The molecule has 122 valence electrons. The zero-order valence-corrected chi connectivity index (χ0v) is 15.1. The fourth-order valence-corrected chi connectivity index (χ4v) is 6.72. The van der Waals surface area contributed by atoms with Crippen LogP contribution in [-0.2, 0) is 0 Å². The maximum absolute atomic E-state index is 2.65. The van der Waals surface area contributed by atoms with Crippen molar-refractivity contribution in [2.75, 3.05) is 0 Å². The molecule has 0 aromatic rings. The van der Waals surface area contributed by atoms with Gasteiger partial charge >= 0.3 is 0 Å². The van der Waals surface area contributed by atoms with Crippen LogP contribution in [0.2, 0.25) is 0 Å². The molecule has 0 amide bonds. The lowest BCUT2D eigenvalue weighted by Gasteiger charge is -2.59. The smallest absolute Gasteiger partial charge is 0.0295 e. The summed E-state index contributed by atoms with van der Waals surface area (Å²) >= 11 is 0. The molecule has 0 heteroatoms. The molecular weight excluding hydrogens is 252 g/mol. The fourth-order valence-electron chi connectivity index (χ4n) is 6.72. The lowest BCUT2D eigenvalue weighted by molar-refractivity contribution is -0.0945. The minimum absolute atomic E-state index is 0.610. The summed E-state index contributed by atoms with van der Waals surface area (Å²) < 4.78 is 0. The van der Waals surface area contributed by atoms with Crippen molar-refractivity contribution in [3.05, 3.63) is 0 Å². The molecule has 0 spiro atoms. The molecule has 3 aliphatic carbocycles. The highest BCUT2D eigenvalue weighted by molar-refractivity contribution is 5.02. The topological polar surface area (TPSA) is 0 Å². The van der Waals surface area contributed by atoms with Gasteiger partial charge in [-0.3, -0.25) is 0 Å². The van der Waals surface area contributed by atoms with Gasteiger partial charge in [-0.15, -0.1) is 0 Å². The molecule has 0 aromatic carbocycles. The minimum Gasteiger partial charge on any atom is -0.0654 e. The van der Waals surface area contributed by atoms with E-state index in [0.717, 1.165) is 29.1 Å². The minimum atomic E-state index is 0.610. The number of unbranched alkanes of at least 4 members (excludes halogenated alkanes) is 1. The summed E-state index contributed by atoms with van der Waals surface area (Å²) in [7, 11) is 0. The highest BCUT2D eigenvalue weighted by atomic mass is 14.6. The molecule has 0 saturated heterocycles. The van der Waals surface area contributed by atoms with Crippen molar-refractivity contribution in [2.24, 2.45) is 34.5 Å². The van der Waals surface area contributed by atoms with Crippen molar-refractivity contribution in [3.8, 4) is 0 Å². The number of hydrogen-bond donors (Lipinski definition) is 0. The molecule has 3 fully saturated rings. The second-order valence-corrected chi connectivity index (χ2v) is 9.65. The molecule has 0 heterocycles. The van der Waals surface area contributed by atoms with E-state index in [9.17, 15) is 0 Å². The summed E-state index contributed by atoms with van der Waals surface area (Å²) in [5.41, 5.74) is 1.33. The normalized spacial score (nSPS) is 45.7. The monoisotopic (exact) mass is 290 g/mol. The van der Waals surface area contributed by atoms with Crippen LogP contribution in [0.15, 0.2) is 0 Å². The third-order valence-corrected chi connectivity index (χ3v) is 8.04. The number of hydrogen-bond acceptors (Lipinski definition) is 0. The summed E-state index contributed by atoms with van der Waals surface area (Å²) in [5.74, 6) is 4.24. The van der Waals surface area contributed by atoms with Crippen molar-refractivity contribution >= 4 is 0 Å². The van der Waals surface area contributed by atoms with Gasteiger partial charge in [0.2, 0.25) is 0 Å². The van der Waals surface area contributed by atoms with Crippen molar-refractivity contribution in [1.82, 2.24) is 0 Å². The van der Waals surface area contributed by atoms with Crippen molar-refractivity contribution in [3.63, 3.8) is 0 Å². The Morgan fingerprint density at radius 1 is 0.857 bits per heavy atom. The number of rotatable bonds is 3. The Bertz CT molecular complexity index is 355. The summed E-state index contributed by atoms with van der Waals surface area (Å²) in [5, 5.41) is 0. The van der Waals surface area contributed by atoms with Crippen LogP contribution in [0.3, 0.4) is 0 Å². The Labute approximate surface area is 133 Å². The molecule has 0 bridgehead atoms. The Morgan fingerprint density at radius 3 is 2.38 bits per heavy atom. The van der Waals surface area contributed by atoms with Crippen LogP contribution in [0.1, 0.15) is 98.3 Å². The average molecular weight is 291 g/mol. The van der Waals surface area contributed by atoms with E-state index in [-0.39, 0.29) is 0 Å². The van der Waals surface area contributed by atoms with Gasteiger partial charge in [0.1, 0.15) is 0 Å². The van der Waals surface area contributed by atoms with E-state index in [4.69, 9.17) is 0 Å². The predicted molar refractivity (Wildman–Crippen MR) is 92.3 cm³/mol. The van der Waals surface area contributed by atoms with Crippen molar-refractivity contribution in [1.29, 1.82) is 0 Å². The molecule has 0 radical (unpaired) electrons. The summed E-state index contributed by atoms with van der Waals surface area (Å²) in [6, 6.07) is 0. The van der Waals surface area contributed by atoms with Gasteiger partial charge in [0.25, 0.3) is 0 Å². The molecule has 3 saturated carbocycles. The lowest BCUT2D eigenvalue weighted by atomic mass is 9.46. The van der Waals surface area contributed by atoms with Gasteiger partial charge in [-0.25, -0.2) is 0 Å². The molecule has 3 rings (SSSR count). The van der Waals surface area contributed by atoms with E-state index in [1.807, 2.05) is 0 Å². The van der Waals surface area contributed by atoms with Crippen molar-refractivity contribution < 1.29 is 0 Å². The van der Waals surface area contributed by atoms with Crippen LogP contribution >= 0.6 is 0 Å². The van der Waals surface area contributed by atoms with Crippen LogP contribution in [-0.4, -0.2) is 0 Å². The first-order valence-electron chi connectivity index (χ1n) is 9.98. The van der Waals surface area contributed by atoms with E-state index in [1.165, 1.54) is 51.4 Å². The zero-order chi connectivity index (χ0) is 15.1. The number of fused-ring (bicyclic) bond motifs is 3. The first-order chi connectivity index (χ1) is 9.98. The molecule has 21 heavy (non-hydrogen) atoms. The summed E-state index contributed by atoms with van der Waals surface area (Å²) in [4.78, 5) is 0. The first-order valence-corrected chi connectivity index (χ1v) is 9.98. The maximum Gasteiger partial charge on any atom is -0.0295 e. The van der Waals surface area contributed by atoms with E-state index in [1.54, 1.807) is 19.3 Å². The van der Waals surface area contributed by atoms with E-state index in [2.05, 4.69) is 27.7 Å². The molecule has 5 unspecified atom stereocenters. The Kier molecular flexibility index (Phi) is 4.46. The Morgan fingerprint density at radius 2 is 1.62 bits per heavy atom. The average Bonchev–Trinajstić information content (AvgIpc) is 2.45. The van der Waals surface area contributed by atoms with Crippen molar-refractivity contribution in [2.45, 2.75) is 98.3 Å². The SMILES string of the molecule is CCCCC1C2CCC3(C)CCCCC3C2CCC1(C)C. The first kappa shape index (κ1) is 15.9. The van der Waals surface area contributed by atoms with Crippen LogP contribution < -0.4 is 0 Å². The molecule has 3 aliphatic rings. The molecule has 5 atom stereocenters. The molecule has 0 nitrogen and oxygen atoms in total. The second kappa shape index (κ2) is 5.89. The van der Waals surface area contributed by atoms with Crippen LogP contribution in [0, 0.1) is 34.5 Å². The molecule has 0 N–H and O–H groups in total. The van der Waals surface area contributed by atoms with Gasteiger partial charge in [0, 0.05) is 0 Å². The quantitative estimate of drug-likeness (QED) is 0.534. The van der Waals surface area contributed by atoms with Crippen LogP contribution in [0.25, 0.3) is 0 Å². The van der Waals surface area contributed by atoms with E-state index < -0.39 is 0 Å². The van der Waals surface area contributed by atoms with Crippen LogP contribution in [0.5, 0.6) is 0 Å². The molecule has 0 aromatic heterocycles. The Hall–Kier alpha value is 0. The van der Waals surface area contributed by atoms with Gasteiger partial charge in [-0.1, -0.05) is 53.4 Å². The third kappa shape index (κ3) is 2.81. The second-order valence-electron chi connectivity index (χ2n) is 9.65. The third-order valence-electron chi connectivity index (χ3n) is 8.04. The highest BCUT2D eigenvalue weighted by Crippen LogP contribution is 2.62. The van der Waals surface area contributed by atoms with E-state index >= 15 is 0 Å². The van der Waals surface area contributed by atoms with Gasteiger partial charge in [-0.2, -0.15) is 0 Å². The lowest BCUT2D eigenvalue weighted by Crippen LogP contribution is -2.50. The van der Waals surface area contributed by atoms with Crippen LogP contribution in [0.4, 0.5) is 0 Å². The fraction of sp³-hybridized carbons (Fsp3) is 1.00. The molecular formula is C21H38. The maximum atomic E-state index is 2.65. The van der Waals surface area contributed by atoms with Gasteiger partial charge in [-0.05, 0) is 79.4 Å². The largest absolute Gasteiger partial charge is 0.0654 e. The molecule has 0 aliphatic heterocycles. The zero-order valence-electron chi connectivity index (χ0n) is 15.1. The summed E-state index contributed by atoms with van der Waals surface area (Å²) in [6.07, 6.45) is 16.6. The van der Waals surface area contributed by atoms with Gasteiger partial charge in [0.15, 0.2) is 0 Å².